The SMILES string of the molecule is N[C@@H](CS)C(=O)O.Nc1nc(=S)c2[nH]cnc2[nH]1. The normalized spacial score (nSPS) is 11.7. The van der Waals surface area contributed by atoms with Crippen molar-refractivity contribution in [3.63, 3.8) is 0 Å². The summed E-state index contributed by atoms with van der Waals surface area (Å²) in [6.45, 7) is 0. The number of hydrogen-bond acceptors (Lipinski definition) is 7. The van der Waals surface area contributed by atoms with Gasteiger partial charge in [-0.05, 0) is 0 Å². The Morgan fingerprint density at radius 1 is 1.67 bits per heavy atom. The molecule has 0 radical (unpaired) electrons. The highest BCUT2D eigenvalue weighted by Crippen LogP contribution is 2.06. The lowest BCUT2D eigenvalue weighted by Gasteiger charge is -1.96. The lowest BCUT2D eigenvalue weighted by atomic mass is 10.4. The fraction of sp³-hybridized carbons (Fsp3) is 0.250. The average molecular weight is 288 g/mol. The summed E-state index contributed by atoms with van der Waals surface area (Å²) in [6, 6.07) is -0.816. The quantitative estimate of drug-likeness (QED) is 0.335. The van der Waals surface area contributed by atoms with Crippen LogP contribution in [0.4, 0.5) is 5.95 Å². The van der Waals surface area contributed by atoms with Gasteiger partial charge in [-0.2, -0.15) is 12.6 Å². The summed E-state index contributed by atoms with van der Waals surface area (Å²) in [6.07, 6.45) is 1.54. The lowest BCUT2D eigenvalue weighted by Crippen LogP contribution is -2.31. The number of aromatic amines is 2. The van der Waals surface area contributed by atoms with Crippen LogP contribution < -0.4 is 11.5 Å². The van der Waals surface area contributed by atoms with Crippen molar-refractivity contribution in [2.75, 3.05) is 11.5 Å². The van der Waals surface area contributed by atoms with Gasteiger partial charge in [-0.25, -0.2) is 9.97 Å². The number of nitrogen functional groups attached to an aromatic ring is 1. The first kappa shape index (κ1) is 14.4. The molecule has 0 aliphatic heterocycles. The van der Waals surface area contributed by atoms with Crippen molar-refractivity contribution < 1.29 is 9.90 Å². The van der Waals surface area contributed by atoms with E-state index in [9.17, 15) is 4.79 Å². The topological polar surface area (TPSA) is 147 Å². The number of carbonyl (C=O) groups is 1. The number of rotatable bonds is 2. The Balaban J connectivity index is 0.000000203. The summed E-state index contributed by atoms with van der Waals surface area (Å²) < 4.78 is 0.439. The molecule has 0 amide bonds. The third-order valence-electron chi connectivity index (χ3n) is 1.84. The molecule has 0 saturated carbocycles. The maximum Gasteiger partial charge on any atom is 0.321 e. The number of nitrogens with zero attached hydrogens (tertiary/aromatic N) is 2. The predicted octanol–water partition coefficient (Wildman–Crippen LogP) is -0.0742. The molecule has 7 N–H and O–H groups in total. The molecule has 0 aromatic carbocycles. The molecule has 10 heteroatoms. The Morgan fingerprint density at radius 2 is 2.33 bits per heavy atom. The van der Waals surface area contributed by atoms with Gasteiger partial charge < -0.3 is 26.5 Å². The van der Waals surface area contributed by atoms with Gasteiger partial charge in [0.05, 0.1) is 6.33 Å². The standard InChI is InChI=1S/C5H5N5S.C3H7NO2S/c6-5-9-3-2(4(11)10-5)7-1-8-3;4-2(1-7)3(5)6/h1H,(H4,6,7,8,9,10,11);2,7H,1,4H2,(H,5,6)/t;2-/m.0/s1. The van der Waals surface area contributed by atoms with E-state index < -0.39 is 12.0 Å². The third-order valence-corrected chi connectivity index (χ3v) is 2.52. The molecule has 2 heterocycles. The van der Waals surface area contributed by atoms with Crippen molar-refractivity contribution >= 4 is 47.9 Å². The van der Waals surface area contributed by atoms with Gasteiger partial charge in [0.15, 0.2) is 10.3 Å². The number of fused-ring (bicyclic) bond motifs is 1. The van der Waals surface area contributed by atoms with E-state index in [1.807, 2.05) is 0 Å². The number of nitrogens with two attached hydrogens (primary N) is 2. The Labute approximate surface area is 112 Å². The number of nitrogens with one attached hydrogen (secondary N) is 2. The predicted molar refractivity (Wildman–Crippen MR) is 72.9 cm³/mol. The highest BCUT2D eigenvalue weighted by molar-refractivity contribution is 7.80. The molecule has 1 atom stereocenters. The molecule has 2 aromatic heterocycles. The van der Waals surface area contributed by atoms with E-state index in [0.29, 0.717) is 15.8 Å². The molecule has 98 valence electrons. The number of carboxylic acids is 1. The zero-order valence-corrected chi connectivity index (χ0v) is 10.8. The number of hydrogen-bond donors (Lipinski definition) is 6. The van der Waals surface area contributed by atoms with Gasteiger partial charge in [0, 0.05) is 5.75 Å². The molecule has 0 aliphatic carbocycles. The Kier molecular flexibility index (Phi) is 5.07. The maximum atomic E-state index is 9.76. The van der Waals surface area contributed by atoms with E-state index in [1.54, 1.807) is 0 Å². The number of anilines is 1. The summed E-state index contributed by atoms with van der Waals surface area (Å²) in [5.74, 6) is -0.528. The van der Waals surface area contributed by atoms with Crippen LogP contribution in [-0.4, -0.2) is 42.8 Å². The number of carboxylic acid groups (broad SMARTS) is 1. The molecule has 0 aliphatic rings. The smallest absolute Gasteiger partial charge is 0.321 e. The molecule has 0 fully saturated rings. The average Bonchev–Trinajstić information content (AvgIpc) is 2.76. The molecule has 0 spiro atoms. The minimum atomic E-state index is -1.00. The summed E-state index contributed by atoms with van der Waals surface area (Å²) in [4.78, 5) is 23.2. The van der Waals surface area contributed by atoms with E-state index in [-0.39, 0.29) is 11.7 Å². The van der Waals surface area contributed by atoms with Gasteiger partial charge >= 0.3 is 5.97 Å². The highest BCUT2D eigenvalue weighted by atomic mass is 32.1. The van der Waals surface area contributed by atoms with E-state index in [4.69, 9.17) is 28.8 Å². The fourth-order valence-electron chi connectivity index (χ4n) is 0.945. The van der Waals surface area contributed by atoms with Crippen LogP contribution in [0.5, 0.6) is 0 Å². The number of imidazole rings is 1. The molecule has 0 bridgehead atoms. The second-order valence-electron chi connectivity index (χ2n) is 3.18. The van der Waals surface area contributed by atoms with Gasteiger partial charge in [0.1, 0.15) is 11.6 Å². The number of aliphatic carboxylic acids is 1. The first-order valence-corrected chi connectivity index (χ1v) is 5.78. The Morgan fingerprint density at radius 3 is 2.83 bits per heavy atom. The van der Waals surface area contributed by atoms with Crippen LogP contribution >= 0.6 is 24.8 Å². The Hall–Kier alpha value is -1.65. The van der Waals surface area contributed by atoms with Crippen LogP contribution in [0.3, 0.4) is 0 Å². The largest absolute Gasteiger partial charge is 0.480 e. The number of H-pyrrole nitrogens is 2. The van der Waals surface area contributed by atoms with Crippen molar-refractivity contribution in [3.05, 3.63) is 11.0 Å². The first-order chi connectivity index (χ1) is 8.45. The van der Waals surface area contributed by atoms with Gasteiger partial charge in [0.25, 0.3) is 0 Å². The van der Waals surface area contributed by atoms with Crippen LogP contribution in [0.15, 0.2) is 6.33 Å². The molecule has 2 rings (SSSR count). The molecular formula is C8H12N6O2S2. The Bertz CT molecular complexity index is 595. The summed E-state index contributed by atoms with van der Waals surface area (Å²) in [5, 5.41) is 8.01. The minimum Gasteiger partial charge on any atom is -0.480 e. The van der Waals surface area contributed by atoms with Crippen molar-refractivity contribution in [1.82, 2.24) is 19.9 Å². The summed E-state index contributed by atoms with van der Waals surface area (Å²) in [7, 11) is 0. The fourth-order valence-corrected chi connectivity index (χ4v) is 1.35. The lowest BCUT2D eigenvalue weighted by molar-refractivity contribution is -0.137. The van der Waals surface area contributed by atoms with Crippen molar-refractivity contribution in [2.45, 2.75) is 6.04 Å². The van der Waals surface area contributed by atoms with Gasteiger partial charge in [0.2, 0.25) is 5.95 Å². The monoisotopic (exact) mass is 288 g/mol. The molecular weight excluding hydrogens is 276 g/mol. The summed E-state index contributed by atoms with van der Waals surface area (Å²) >= 11 is 8.56. The second kappa shape index (κ2) is 6.33. The van der Waals surface area contributed by atoms with Crippen LogP contribution in [0, 0.1) is 4.64 Å². The summed E-state index contributed by atoms with van der Waals surface area (Å²) in [5.41, 5.74) is 11.7. The van der Waals surface area contributed by atoms with Gasteiger partial charge in [-0.1, -0.05) is 12.2 Å². The molecule has 8 nitrogen and oxygen atoms in total. The molecule has 18 heavy (non-hydrogen) atoms. The molecule has 0 unspecified atom stereocenters. The van der Waals surface area contributed by atoms with Crippen LogP contribution in [0.25, 0.3) is 11.2 Å². The molecule has 2 aromatic rings. The van der Waals surface area contributed by atoms with Crippen molar-refractivity contribution in [1.29, 1.82) is 0 Å². The zero-order chi connectivity index (χ0) is 13.7. The third kappa shape index (κ3) is 3.68. The van der Waals surface area contributed by atoms with Crippen LogP contribution in [0.2, 0.25) is 0 Å². The van der Waals surface area contributed by atoms with E-state index in [0.717, 1.165) is 0 Å². The second-order valence-corrected chi connectivity index (χ2v) is 3.93. The highest BCUT2D eigenvalue weighted by Gasteiger charge is 2.06. The van der Waals surface area contributed by atoms with E-state index >= 15 is 0 Å². The van der Waals surface area contributed by atoms with Crippen molar-refractivity contribution in [3.8, 4) is 0 Å². The number of thiol groups is 1. The minimum absolute atomic E-state index is 0.190. The van der Waals surface area contributed by atoms with Crippen molar-refractivity contribution in [2.24, 2.45) is 5.73 Å². The van der Waals surface area contributed by atoms with Crippen LogP contribution in [-0.2, 0) is 4.79 Å². The van der Waals surface area contributed by atoms with E-state index in [1.165, 1.54) is 6.33 Å². The zero-order valence-electron chi connectivity index (χ0n) is 9.12. The van der Waals surface area contributed by atoms with E-state index in [2.05, 4.69) is 32.6 Å². The number of aromatic nitrogens is 4. The van der Waals surface area contributed by atoms with Gasteiger partial charge in [-0.3, -0.25) is 4.79 Å². The van der Waals surface area contributed by atoms with Crippen LogP contribution in [0.1, 0.15) is 0 Å². The van der Waals surface area contributed by atoms with Gasteiger partial charge in [-0.15, -0.1) is 0 Å². The molecule has 0 saturated heterocycles. The maximum absolute atomic E-state index is 9.76. The first-order valence-electron chi connectivity index (χ1n) is 4.73.